The molecule has 0 aliphatic carbocycles. The second-order valence-corrected chi connectivity index (χ2v) is 7.26. The number of aromatic nitrogens is 3. The van der Waals surface area contributed by atoms with Gasteiger partial charge in [0.05, 0.1) is 0 Å². The summed E-state index contributed by atoms with van der Waals surface area (Å²) in [5, 5.41) is 0.893. The van der Waals surface area contributed by atoms with Crippen LogP contribution in [0.2, 0.25) is 0 Å². The van der Waals surface area contributed by atoms with Crippen LogP contribution in [0.5, 0.6) is 11.8 Å². The van der Waals surface area contributed by atoms with Gasteiger partial charge in [0.1, 0.15) is 17.2 Å². The van der Waals surface area contributed by atoms with Crippen molar-refractivity contribution in [2.24, 2.45) is 0 Å². The number of anilines is 1. The molecular formula is C20H24N4O3. The second-order valence-electron chi connectivity index (χ2n) is 7.26. The smallest absolute Gasteiger partial charge is 0.336 e. The van der Waals surface area contributed by atoms with Crippen LogP contribution >= 0.6 is 0 Å². The van der Waals surface area contributed by atoms with Crippen molar-refractivity contribution >= 4 is 16.9 Å². The maximum Gasteiger partial charge on any atom is 0.336 e. The number of hydrogen-bond donors (Lipinski definition) is 0. The van der Waals surface area contributed by atoms with Gasteiger partial charge in [-0.3, -0.25) is 0 Å². The van der Waals surface area contributed by atoms with Gasteiger partial charge in [-0.1, -0.05) is 27.7 Å². The van der Waals surface area contributed by atoms with E-state index in [-0.39, 0.29) is 23.5 Å². The third-order valence-electron chi connectivity index (χ3n) is 4.12. The summed E-state index contributed by atoms with van der Waals surface area (Å²) in [5.74, 6) is 2.02. The predicted octanol–water partition coefficient (Wildman–Crippen LogP) is 4.08. The van der Waals surface area contributed by atoms with E-state index in [4.69, 9.17) is 9.15 Å². The maximum absolute atomic E-state index is 11.9. The van der Waals surface area contributed by atoms with Crippen LogP contribution in [0.3, 0.4) is 0 Å². The Morgan fingerprint density at radius 3 is 2.37 bits per heavy atom. The number of fused-ring (bicyclic) bond motifs is 1. The lowest BCUT2D eigenvalue weighted by Gasteiger charge is -2.14. The van der Waals surface area contributed by atoms with Crippen molar-refractivity contribution in [2.75, 3.05) is 19.0 Å². The minimum Gasteiger partial charge on any atom is -0.424 e. The SMILES string of the molecule is CC(C)c1nc(Oc2ccc3c(C(C)C)cc(=O)oc3c2)nc(N(C)C)n1. The number of nitrogens with zero attached hydrogens (tertiary/aromatic N) is 4. The van der Waals surface area contributed by atoms with E-state index in [2.05, 4.69) is 15.0 Å². The first kappa shape index (κ1) is 18.8. The van der Waals surface area contributed by atoms with Gasteiger partial charge in [-0.2, -0.15) is 15.0 Å². The van der Waals surface area contributed by atoms with E-state index < -0.39 is 0 Å². The van der Waals surface area contributed by atoms with Gasteiger partial charge in [0.2, 0.25) is 5.95 Å². The lowest BCUT2D eigenvalue weighted by atomic mass is 10.00. The van der Waals surface area contributed by atoms with E-state index in [0.717, 1.165) is 10.9 Å². The zero-order valence-corrected chi connectivity index (χ0v) is 16.5. The minimum atomic E-state index is -0.375. The summed E-state index contributed by atoms with van der Waals surface area (Å²) in [6, 6.07) is 7.15. The topological polar surface area (TPSA) is 81.3 Å². The molecule has 0 saturated heterocycles. The molecule has 7 nitrogen and oxygen atoms in total. The fourth-order valence-electron chi connectivity index (χ4n) is 2.68. The highest BCUT2D eigenvalue weighted by atomic mass is 16.5. The fraction of sp³-hybridized carbons (Fsp3) is 0.400. The quantitative estimate of drug-likeness (QED) is 0.628. The third-order valence-corrected chi connectivity index (χ3v) is 4.12. The molecular weight excluding hydrogens is 344 g/mol. The molecule has 27 heavy (non-hydrogen) atoms. The second kappa shape index (κ2) is 7.34. The molecule has 0 bridgehead atoms. The highest BCUT2D eigenvalue weighted by Gasteiger charge is 2.14. The first-order valence-corrected chi connectivity index (χ1v) is 8.93. The summed E-state index contributed by atoms with van der Waals surface area (Å²) >= 11 is 0. The van der Waals surface area contributed by atoms with Crippen LogP contribution in [-0.4, -0.2) is 29.0 Å². The zero-order chi connectivity index (χ0) is 19.7. The summed E-state index contributed by atoms with van der Waals surface area (Å²) in [7, 11) is 3.72. The van der Waals surface area contributed by atoms with Crippen LogP contribution in [0.15, 0.2) is 33.5 Å². The molecule has 142 valence electrons. The van der Waals surface area contributed by atoms with Crippen LogP contribution < -0.4 is 15.3 Å². The molecule has 0 unspecified atom stereocenters. The van der Waals surface area contributed by atoms with Gasteiger partial charge < -0.3 is 14.1 Å². The van der Waals surface area contributed by atoms with Crippen molar-refractivity contribution in [3.05, 3.63) is 46.1 Å². The fourth-order valence-corrected chi connectivity index (χ4v) is 2.68. The molecule has 2 heterocycles. The van der Waals surface area contributed by atoms with Crippen molar-refractivity contribution in [3.63, 3.8) is 0 Å². The summed E-state index contributed by atoms with van der Waals surface area (Å²) in [6.45, 7) is 8.10. The number of benzene rings is 1. The zero-order valence-electron chi connectivity index (χ0n) is 16.5. The molecule has 7 heteroatoms. The Hall–Kier alpha value is -2.96. The van der Waals surface area contributed by atoms with Gasteiger partial charge in [0, 0.05) is 37.5 Å². The Labute approximate surface area is 158 Å². The van der Waals surface area contributed by atoms with E-state index in [9.17, 15) is 4.79 Å². The molecule has 0 aliphatic rings. The standard InChI is InChI=1S/C20H24N4O3/c1-11(2)15-10-17(25)27-16-9-13(7-8-14(15)16)26-20-22-18(12(3)4)21-19(23-20)24(5)6/h7-12H,1-6H3. The van der Waals surface area contributed by atoms with E-state index in [1.807, 2.05) is 53.9 Å². The number of rotatable bonds is 5. The summed E-state index contributed by atoms with van der Waals surface area (Å²) in [5.41, 5.74) is 1.06. The highest BCUT2D eigenvalue weighted by molar-refractivity contribution is 5.82. The van der Waals surface area contributed by atoms with Gasteiger partial charge in [0.25, 0.3) is 0 Å². The predicted molar refractivity (Wildman–Crippen MR) is 105 cm³/mol. The molecule has 0 saturated carbocycles. The number of hydrogen-bond acceptors (Lipinski definition) is 7. The Balaban J connectivity index is 2.03. The molecule has 0 fully saturated rings. The number of ether oxygens (including phenoxy) is 1. The molecule has 0 spiro atoms. The van der Waals surface area contributed by atoms with Crippen molar-refractivity contribution in [1.29, 1.82) is 0 Å². The molecule has 0 amide bonds. The molecule has 0 N–H and O–H groups in total. The van der Waals surface area contributed by atoms with Crippen LogP contribution in [0.4, 0.5) is 5.95 Å². The monoisotopic (exact) mass is 368 g/mol. The molecule has 0 aliphatic heterocycles. The Morgan fingerprint density at radius 2 is 1.74 bits per heavy atom. The lowest BCUT2D eigenvalue weighted by Crippen LogP contribution is -2.15. The van der Waals surface area contributed by atoms with Crippen molar-refractivity contribution in [3.8, 4) is 11.8 Å². The van der Waals surface area contributed by atoms with Gasteiger partial charge in [-0.05, 0) is 23.6 Å². The van der Waals surface area contributed by atoms with Gasteiger partial charge in [-0.25, -0.2) is 4.79 Å². The normalized spacial score (nSPS) is 11.4. The molecule has 0 radical (unpaired) electrons. The van der Waals surface area contributed by atoms with Crippen LogP contribution in [0.1, 0.15) is 50.9 Å². The summed E-state index contributed by atoms with van der Waals surface area (Å²) in [6.07, 6.45) is 0. The van der Waals surface area contributed by atoms with E-state index >= 15 is 0 Å². The average molecular weight is 368 g/mol. The Morgan fingerprint density at radius 1 is 1.00 bits per heavy atom. The first-order valence-electron chi connectivity index (χ1n) is 8.93. The van der Waals surface area contributed by atoms with E-state index in [0.29, 0.717) is 23.1 Å². The molecule has 0 atom stereocenters. The Kier molecular flexibility index (Phi) is 5.12. The van der Waals surface area contributed by atoms with E-state index in [1.54, 1.807) is 11.0 Å². The van der Waals surface area contributed by atoms with Crippen molar-refractivity contribution in [1.82, 2.24) is 15.0 Å². The van der Waals surface area contributed by atoms with Crippen molar-refractivity contribution in [2.45, 2.75) is 39.5 Å². The molecule has 3 rings (SSSR count). The van der Waals surface area contributed by atoms with Gasteiger partial charge in [0.15, 0.2) is 0 Å². The van der Waals surface area contributed by atoms with E-state index in [1.165, 1.54) is 6.07 Å². The summed E-state index contributed by atoms with van der Waals surface area (Å²) < 4.78 is 11.2. The third kappa shape index (κ3) is 4.07. The largest absolute Gasteiger partial charge is 0.424 e. The maximum atomic E-state index is 11.9. The molecule has 1 aromatic carbocycles. The van der Waals surface area contributed by atoms with Gasteiger partial charge >= 0.3 is 11.6 Å². The van der Waals surface area contributed by atoms with Crippen LogP contribution in [-0.2, 0) is 0 Å². The minimum absolute atomic E-state index is 0.136. The van der Waals surface area contributed by atoms with Crippen LogP contribution in [0, 0.1) is 0 Å². The highest BCUT2D eigenvalue weighted by Crippen LogP contribution is 2.29. The first-order chi connectivity index (χ1) is 12.7. The average Bonchev–Trinajstić information content (AvgIpc) is 2.60. The Bertz CT molecular complexity index is 999. The molecule has 2 aromatic heterocycles. The van der Waals surface area contributed by atoms with Gasteiger partial charge in [-0.15, -0.1) is 0 Å². The van der Waals surface area contributed by atoms with Crippen molar-refractivity contribution < 1.29 is 9.15 Å². The lowest BCUT2D eigenvalue weighted by molar-refractivity contribution is 0.433. The summed E-state index contributed by atoms with van der Waals surface area (Å²) in [4.78, 5) is 26.8. The molecule has 3 aromatic rings. The van der Waals surface area contributed by atoms with Crippen LogP contribution in [0.25, 0.3) is 11.0 Å².